The lowest BCUT2D eigenvalue weighted by Gasteiger charge is -2.16. The van der Waals surface area contributed by atoms with Crippen molar-refractivity contribution in [3.63, 3.8) is 0 Å². The van der Waals surface area contributed by atoms with E-state index in [2.05, 4.69) is 20.5 Å². The SMILES string of the molecule is O=C(NCC1CC1)c1cnc(N2CC3=C(CNC3)C2)s1. The number of rotatable bonds is 4. The molecule has 5 nitrogen and oxygen atoms in total. The second-order valence-electron chi connectivity index (χ2n) is 5.83. The average Bonchev–Trinajstić information content (AvgIpc) is 2.86. The molecule has 1 aliphatic carbocycles. The van der Waals surface area contributed by atoms with Crippen molar-refractivity contribution in [1.82, 2.24) is 15.6 Å². The first-order chi connectivity index (χ1) is 9.79. The van der Waals surface area contributed by atoms with E-state index in [0.29, 0.717) is 5.92 Å². The first kappa shape index (κ1) is 12.3. The van der Waals surface area contributed by atoms with E-state index in [9.17, 15) is 4.79 Å². The number of carbonyl (C=O) groups is 1. The predicted molar refractivity (Wildman–Crippen MR) is 79.3 cm³/mol. The molecule has 0 aromatic carbocycles. The third kappa shape index (κ3) is 2.33. The van der Waals surface area contributed by atoms with Crippen molar-refractivity contribution in [2.45, 2.75) is 12.8 Å². The largest absolute Gasteiger partial charge is 0.351 e. The van der Waals surface area contributed by atoms with Gasteiger partial charge in [-0.2, -0.15) is 0 Å². The zero-order valence-corrected chi connectivity index (χ0v) is 12.1. The summed E-state index contributed by atoms with van der Waals surface area (Å²) >= 11 is 1.50. The molecule has 2 N–H and O–H groups in total. The first-order valence-corrected chi connectivity index (χ1v) is 8.01. The molecule has 0 unspecified atom stereocenters. The summed E-state index contributed by atoms with van der Waals surface area (Å²) in [7, 11) is 0. The number of nitrogens with one attached hydrogen (secondary N) is 2. The summed E-state index contributed by atoms with van der Waals surface area (Å²) in [6.45, 7) is 4.74. The predicted octanol–water partition coefficient (Wildman–Crippen LogP) is 1.00. The van der Waals surface area contributed by atoms with Crippen LogP contribution < -0.4 is 15.5 Å². The van der Waals surface area contributed by atoms with E-state index >= 15 is 0 Å². The van der Waals surface area contributed by atoms with Crippen LogP contribution in [-0.4, -0.2) is 43.6 Å². The van der Waals surface area contributed by atoms with Crippen LogP contribution in [0.5, 0.6) is 0 Å². The second-order valence-corrected chi connectivity index (χ2v) is 6.84. The number of aromatic nitrogens is 1. The van der Waals surface area contributed by atoms with Gasteiger partial charge in [-0.05, 0) is 29.9 Å². The van der Waals surface area contributed by atoms with Gasteiger partial charge in [-0.15, -0.1) is 0 Å². The zero-order chi connectivity index (χ0) is 13.5. The quantitative estimate of drug-likeness (QED) is 0.812. The maximum absolute atomic E-state index is 12.0. The van der Waals surface area contributed by atoms with Crippen molar-refractivity contribution in [3.8, 4) is 0 Å². The van der Waals surface area contributed by atoms with Crippen LogP contribution in [-0.2, 0) is 0 Å². The van der Waals surface area contributed by atoms with Crippen LogP contribution in [0.4, 0.5) is 5.13 Å². The van der Waals surface area contributed by atoms with Crippen LogP contribution in [0.25, 0.3) is 0 Å². The molecule has 0 saturated heterocycles. The second kappa shape index (κ2) is 4.86. The lowest BCUT2D eigenvalue weighted by Crippen LogP contribution is -2.26. The molecule has 106 valence electrons. The van der Waals surface area contributed by atoms with Gasteiger partial charge in [0.1, 0.15) is 4.88 Å². The molecule has 0 bridgehead atoms. The molecule has 0 atom stereocenters. The van der Waals surface area contributed by atoms with Crippen molar-refractivity contribution in [2.24, 2.45) is 5.92 Å². The lowest BCUT2D eigenvalue weighted by atomic mass is 10.2. The number of anilines is 1. The van der Waals surface area contributed by atoms with Crippen LogP contribution in [0.1, 0.15) is 22.5 Å². The number of hydrogen-bond donors (Lipinski definition) is 2. The zero-order valence-electron chi connectivity index (χ0n) is 11.3. The number of carbonyl (C=O) groups excluding carboxylic acids is 1. The third-order valence-electron chi connectivity index (χ3n) is 4.18. The van der Waals surface area contributed by atoms with E-state index in [1.54, 1.807) is 6.20 Å². The number of thiazole rings is 1. The van der Waals surface area contributed by atoms with Crippen LogP contribution in [0.3, 0.4) is 0 Å². The highest BCUT2D eigenvalue weighted by atomic mass is 32.1. The molecule has 6 heteroatoms. The van der Waals surface area contributed by atoms with Gasteiger partial charge in [0.25, 0.3) is 5.91 Å². The molecule has 1 amide bonds. The molecule has 3 heterocycles. The summed E-state index contributed by atoms with van der Waals surface area (Å²) in [5.74, 6) is 0.742. The Hall–Kier alpha value is -1.40. The Labute approximate surface area is 122 Å². The van der Waals surface area contributed by atoms with Gasteiger partial charge < -0.3 is 15.5 Å². The maximum atomic E-state index is 12.0. The highest BCUT2D eigenvalue weighted by molar-refractivity contribution is 7.17. The van der Waals surface area contributed by atoms with Crippen molar-refractivity contribution in [3.05, 3.63) is 22.2 Å². The normalized spacial score (nSPS) is 21.5. The van der Waals surface area contributed by atoms with Crippen molar-refractivity contribution in [1.29, 1.82) is 0 Å². The molecule has 4 rings (SSSR count). The van der Waals surface area contributed by atoms with E-state index in [1.165, 1.54) is 35.3 Å². The van der Waals surface area contributed by atoms with Gasteiger partial charge in [-0.1, -0.05) is 11.3 Å². The number of hydrogen-bond acceptors (Lipinski definition) is 5. The number of nitrogens with zero attached hydrogens (tertiary/aromatic N) is 2. The summed E-state index contributed by atoms with van der Waals surface area (Å²) in [6.07, 6.45) is 4.23. The Morgan fingerprint density at radius 1 is 1.40 bits per heavy atom. The molecular weight excluding hydrogens is 272 g/mol. The fourth-order valence-corrected chi connectivity index (χ4v) is 3.59. The lowest BCUT2D eigenvalue weighted by molar-refractivity contribution is 0.0955. The van der Waals surface area contributed by atoms with Crippen LogP contribution in [0.15, 0.2) is 17.3 Å². The molecule has 0 spiro atoms. The third-order valence-corrected chi connectivity index (χ3v) is 5.23. The maximum Gasteiger partial charge on any atom is 0.263 e. The summed E-state index contributed by atoms with van der Waals surface area (Å²) in [6, 6.07) is 0. The molecule has 1 aromatic heterocycles. The molecule has 0 radical (unpaired) electrons. The van der Waals surface area contributed by atoms with Crippen molar-refractivity contribution < 1.29 is 4.79 Å². The van der Waals surface area contributed by atoms with Gasteiger partial charge in [0.2, 0.25) is 0 Å². The Bertz CT molecular complexity index is 559. The first-order valence-electron chi connectivity index (χ1n) is 7.19. The van der Waals surface area contributed by atoms with E-state index in [4.69, 9.17) is 0 Å². The van der Waals surface area contributed by atoms with Gasteiger partial charge in [0, 0.05) is 32.7 Å². The summed E-state index contributed by atoms with van der Waals surface area (Å²) in [5, 5.41) is 7.34. The molecular formula is C14H18N4OS. The Morgan fingerprint density at radius 3 is 2.85 bits per heavy atom. The van der Waals surface area contributed by atoms with E-state index < -0.39 is 0 Å². The molecule has 1 fully saturated rings. The van der Waals surface area contributed by atoms with Gasteiger partial charge >= 0.3 is 0 Å². The summed E-state index contributed by atoms with van der Waals surface area (Å²) in [4.78, 5) is 19.4. The van der Waals surface area contributed by atoms with Gasteiger partial charge in [0.05, 0.1) is 6.20 Å². The van der Waals surface area contributed by atoms with E-state index in [1.807, 2.05) is 0 Å². The van der Waals surface area contributed by atoms with Crippen LogP contribution >= 0.6 is 11.3 Å². The van der Waals surface area contributed by atoms with Crippen molar-refractivity contribution >= 4 is 22.4 Å². The molecule has 3 aliphatic rings. The molecule has 1 aromatic rings. The fourth-order valence-electron chi connectivity index (χ4n) is 2.76. The number of amides is 1. The minimum absolute atomic E-state index is 0.0296. The fraction of sp³-hybridized carbons (Fsp3) is 0.571. The van der Waals surface area contributed by atoms with Gasteiger partial charge in [-0.25, -0.2) is 4.98 Å². The van der Waals surface area contributed by atoms with Crippen molar-refractivity contribution in [2.75, 3.05) is 37.6 Å². The Balaban J connectivity index is 1.39. The molecule has 1 saturated carbocycles. The standard InChI is InChI=1S/C14H18N4OS/c19-13(16-3-9-1-2-9)12-6-17-14(20-12)18-7-10-4-15-5-11(10)8-18/h6,9,15H,1-5,7-8H2,(H,16,19). The van der Waals surface area contributed by atoms with Gasteiger partial charge in [-0.3, -0.25) is 4.79 Å². The molecule has 2 aliphatic heterocycles. The highest BCUT2D eigenvalue weighted by Crippen LogP contribution is 2.30. The smallest absolute Gasteiger partial charge is 0.263 e. The summed E-state index contributed by atoms with van der Waals surface area (Å²) < 4.78 is 0. The average molecular weight is 290 g/mol. The minimum atomic E-state index is 0.0296. The summed E-state index contributed by atoms with van der Waals surface area (Å²) in [5.41, 5.74) is 3.00. The molecule has 20 heavy (non-hydrogen) atoms. The highest BCUT2D eigenvalue weighted by Gasteiger charge is 2.27. The minimum Gasteiger partial charge on any atom is -0.351 e. The van der Waals surface area contributed by atoms with Crippen LogP contribution in [0.2, 0.25) is 0 Å². The van der Waals surface area contributed by atoms with Crippen LogP contribution in [0, 0.1) is 5.92 Å². The Kier molecular flexibility index (Phi) is 3.00. The van der Waals surface area contributed by atoms with E-state index in [-0.39, 0.29) is 5.91 Å². The van der Waals surface area contributed by atoms with E-state index in [0.717, 1.165) is 42.7 Å². The monoisotopic (exact) mass is 290 g/mol. The Morgan fingerprint density at radius 2 is 2.15 bits per heavy atom. The van der Waals surface area contributed by atoms with Gasteiger partial charge in [0.15, 0.2) is 5.13 Å². The topological polar surface area (TPSA) is 57.3 Å².